The first-order chi connectivity index (χ1) is 15.1. The van der Waals surface area contributed by atoms with Crippen molar-refractivity contribution in [2.45, 2.75) is 129 Å². The Morgan fingerprint density at radius 3 is 1.41 bits per heavy atom. The Hall–Kier alpha value is -0.860. The molecule has 0 aliphatic heterocycles. The number of nitrogens with zero attached hydrogens (tertiary/aromatic N) is 1. The summed E-state index contributed by atoms with van der Waals surface area (Å²) in [6.07, 6.45) is 24.1. The molecular weight excluding hydrogens is 414 g/mol. The summed E-state index contributed by atoms with van der Waals surface area (Å²) < 4.78 is 0.461. The molecule has 0 aliphatic rings. The van der Waals surface area contributed by atoms with Crippen LogP contribution in [-0.2, 0) is 11.3 Å². The Morgan fingerprint density at radius 1 is 0.625 bits per heavy atom. The third-order valence-corrected chi connectivity index (χ3v) is 6.59. The van der Waals surface area contributed by atoms with E-state index in [2.05, 4.69) is 31.2 Å². The van der Waals surface area contributed by atoms with Gasteiger partial charge in [-0.05, 0) is 6.42 Å². The normalized spacial score (nSPS) is 11.3. The second-order valence-corrected chi connectivity index (χ2v) is 10.1. The molecular formula is C29H52ClNO. The van der Waals surface area contributed by atoms with Gasteiger partial charge in [-0.3, -0.25) is 4.48 Å². The van der Waals surface area contributed by atoms with Crippen LogP contribution in [0.15, 0.2) is 30.3 Å². The first-order valence-electron chi connectivity index (χ1n) is 13.5. The van der Waals surface area contributed by atoms with E-state index >= 15 is 0 Å². The number of amides is 1. The van der Waals surface area contributed by atoms with E-state index < -0.39 is 0 Å². The fraction of sp³-hybridized carbons (Fsp3) is 0.759. The second kappa shape index (κ2) is 20.7. The topological polar surface area (TPSA) is 17.1 Å². The number of hydrogen-bond donors (Lipinski definition) is 0. The lowest BCUT2D eigenvalue weighted by Gasteiger charge is -2.27. The molecule has 1 aromatic carbocycles. The average molecular weight is 466 g/mol. The van der Waals surface area contributed by atoms with Gasteiger partial charge in [-0.25, -0.2) is 4.79 Å². The number of unbranched alkanes of at least 4 members (excludes halogenated alkanes) is 16. The molecule has 1 amide bonds. The van der Waals surface area contributed by atoms with Crippen molar-refractivity contribution in [3.8, 4) is 0 Å². The van der Waals surface area contributed by atoms with Crippen LogP contribution in [0.3, 0.4) is 0 Å². The summed E-state index contributed by atoms with van der Waals surface area (Å²) in [6, 6.07) is 10.4. The SMILES string of the molecule is CCCCCCCCCCCCCCCCCCCC(=O)[N+](C)(C)Cc1ccccc1.[Cl-]. The molecule has 0 saturated carbocycles. The maximum absolute atomic E-state index is 12.6. The molecule has 1 rings (SSSR count). The van der Waals surface area contributed by atoms with Crippen molar-refractivity contribution in [3.05, 3.63) is 35.9 Å². The first-order valence-corrected chi connectivity index (χ1v) is 13.5. The predicted octanol–water partition coefficient (Wildman–Crippen LogP) is 5.84. The summed E-state index contributed by atoms with van der Waals surface area (Å²) in [7, 11) is 4.09. The largest absolute Gasteiger partial charge is 1.00 e. The molecule has 1 aromatic rings. The quantitative estimate of drug-likeness (QED) is 0.175. The standard InChI is InChI=1S/C29H52NO.ClH/c1-4-5-6-7-8-9-10-11-12-13-14-15-16-17-18-19-23-26-29(31)30(2,3)27-28-24-21-20-22-25-28;/h20-22,24-25H,4-19,23,26-27H2,1-3H3;1H/q+1;/p-1. The van der Waals surface area contributed by atoms with E-state index in [4.69, 9.17) is 0 Å². The molecule has 0 atom stereocenters. The highest BCUT2D eigenvalue weighted by Gasteiger charge is 2.25. The van der Waals surface area contributed by atoms with Gasteiger partial charge in [0.25, 0.3) is 0 Å². The maximum Gasteiger partial charge on any atom is 0.313 e. The lowest BCUT2D eigenvalue weighted by atomic mass is 10.0. The minimum Gasteiger partial charge on any atom is -1.00 e. The Labute approximate surface area is 206 Å². The molecule has 0 radical (unpaired) electrons. The van der Waals surface area contributed by atoms with Crippen LogP contribution < -0.4 is 12.4 Å². The Bertz CT molecular complexity index is 543. The Kier molecular flexibility index (Phi) is 20.2. The van der Waals surface area contributed by atoms with Crippen LogP contribution in [0.25, 0.3) is 0 Å². The van der Waals surface area contributed by atoms with Crippen molar-refractivity contribution in [3.63, 3.8) is 0 Å². The van der Waals surface area contributed by atoms with Crippen LogP contribution in [0.1, 0.15) is 128 Å². The summed E-state index contributed by atoms with van der Waals surface area (Å²) in [4.78, 5) is 12.6. The number of carbonyl (C=O) groups is 1. The zero-order valence-electron chi connectivity index (χ0n) is 21.6. The fourth-order valence-corrected chi connectivity index (χ4v) is 4.43. The van der Waals surface area contributed by atoms with Crippen LogP contribution >= 0.6 is 0 Å². The molecule has 2 nitrogen and oxygen atoms in total. The van der Waals surface area contributed by atoms with E-state index in [0.29, 0.717) is 10.4 Å². The van der Waals surface area contributed by atoms with Crippen LogP contribution in [0, 0.1) is 0 Å². The smallest absolute Gasteiger partial charge is 0.313 e. The fourth-order valence-electron chi connectivity index (χ4n) is 4.43. The minimum absolute atomic E-state index is 0. The van der Waals surface area contributed by atoms with Gasteiger partial charge in [-0.1, -0.05) is 140 Å². The summed E-state index contributed by atoms with van der Waals surface area (Å²) in [6.45, 7) is 3.08. The molecule has 0 heterocycles. The molecule has 0 bridgehead atoms. The maximum atomic E-state index is 12.6. The van der Waals surface area contributed by atoms with Crippen molar-refractivity contribution in [2.75, 3.05) is 14.1 Å². The van der Waals surface area contributed by atoms with Gasteiger partial charge in [-0.15, -0.1) is 0 Å². The lowest BCUT2D eigenvalue weighted by molar-refractivity contribution is -0.828. The van der Waals surface area contributed by atoms with E-state index in [9.17, 15) is 4.79 Å². The van der Waals surface area contributed by atoms with Gasteiger partial charge in [0.15, 0.2) is 0 Å². The van der Waals surface area contributed by atoms with Gasteiger partial charge in [0.05, 0.1) is 20.5 Å². The Balaban J connectivity index is 0.00000961. The predicted molar refractivity (Wildman–Crippen MR) is 136 cm³/mol. The summed E-state index contributed by atoms with van der Waals surface area (Å²) in [5.41, 5.74) is 1.24. The number of quaternary nitrogens is 1. The van der Waals surface area contributed by atoms with Crippen molar-refractivity contribution in [1.82, 2.24) is 0 Å². The third kappa shape index (κ3) is 16.7. The van der Waals surface area contributed by atoms with Crippen molar-refractivity contribution in [2.24, 2.45) is 0 Å². The molecule has 0 N–H and O–H groups in total. The first kappa shape index (κ1) is 31.1. The van der Waals surface area contributed by atoms with E-state index in [1.807, 2.05) is 20.2 Å². The molecule has 0 spiro atoms. The molecule has 3 heteroatoms. The number of hydrogen-bond acceptors (Lipinski definition) is 1. The lowest BCUT2D eigenvalue weighted by Crippen LogP contribution is -3.00. The highest BCUT2D eigenvalue weighted by molar-refractivity contribution is 5.68. The zero-order valence-corrected chi connectivity index (χ0v) is 22.3. The van der Waals surface area contributed by atoms with Crippen LogP contribution in [0.4, 0.5) is 0 Å². The number of benzene rings is 1. The molecule has 32 heavy (non-hydrogen) atoms. The summed E-state index contributed by atoms with van der Waals surface area (Å²) in [5, 5.41) is 0. The summed E-state index contributed by atoms with van der Waals surface area (Å²) >= 11 is 0. The van der Waals surface area contributed by atoms with Gasteiger partial charge in [0.1, 0.15) is 6.54 Å². The zero-order chi connectivity index (χ0) is 22.6. The Morgan fingerprint density at radius 2 is 1.00 bits per heavy atom. The monoisotopic (exact) mass is 465 g/mol. The van der Waals surface area contributed by atoms with E-state index in [-0.39, 0.29) is 12.4 Å². The number of rotatable bonds is 20. The highest BCUT2D eigenvalue weighted by Crippen LogP contribution is 2.16. The second-order valence-electron chi connectivity index (χ2n) is 10.1. The average Bonchev–Trinajstić information content (AvgIpc) is 2.76. The number of carbonyl (C=O) groups excluding carboxylic acids is 1. The van der Waals surface area contributed by atoms with Crippen LogP contribution in [0.5, 0.6) is 0 Å². The third-order valence-electron chi connectivity index (χ3n) is 6.59. The van der Waals surface area contributed by atoms with Gasteiger partial charge in [-0.2, -0.15) is 0 Å². The van der Waals surface area contributed by atoms with Gasteiger partial charge in [0, 0.05) is 5.56 Å². The number of halogens is 1. The minimum atomic E-state index is 0. The molecule has 0 saturated heterocycles. The highest BCUT2D eigenvalue weighted by atomic mass is 35.5. The van der Waals surface area contributed by atoms with Gasteiger partial charge in [0.2, 0.25) is 0 Å². The molecule has 0 unspecified atom stereocenters. The van der Waals surface area contributed by atoms with Crippen LogP contribution in [-0.4, -0.2) is 24.5 Å². The van der Waals surface area contributed by atoms with E-state index in [1.54, 1.807) is 0 Å². The molecule has 0 fully saturated rings. The summed E-state index contributed by atoms with van der Waals surface area (Å²) in [5.74, 6) is 0.366. The van der Waals surface area contributed by atoms with Crippen LogP contribution in [0.2, 0.25) is 0 Å². The van der Waals surface area contributed by atoms with Crippen molar-refractivity contribution in [1.29, 1.82) is 0 Å². The van der Waals surface area contributed by atoms with E-state index in [0.717, 1.165) is 19.4 Å². The molecule has 0 aliphatic carbocycles. The molecule has 0 aromatic heterocycles. The van der Waals surface area contributed by atoms with Gasteiger partial charge < -0.3 is 12.4 Å². The van der Waals surface area contributed by atoms with Crippen molar-refractivity contribution >= 4 is 5.91 Å². The molecule has 186 valence electrons. The van der Waals surface area contributed by atoms with E-state index in [1.165, 1.54) is 108 Å². The van der Waals surface area contributed by atoms with Crippen molar-refractivity contribution < 1.29 is 21.7 Å². The van der Waals surface area contributed by atoms with Gasteiger partial charge >= 0.3 is 5.91 Å².